The van der Waals surface area contributed by atoms with E-state index in [0.29, 0.717) is 24.9 Å². The van der Waals surface area contributed by atoms with Gasteiger partial charge >= 0.3 is 6.18 Å². The van der Waals surface area contributed by atoms with Crippen molar-refractivity contribution in [3.63, 3.8) is 0 Å². The van der Waals surface area contributed by atoms with Crippen LogP contribution in [0.15, 0.2) is 54.6 Å². The average molecular weight is 460 g/mol. The first-order valence-electron chi connectivity index (χ1n) is 12.7. The lowest BCUT2D eigenvalue weighted by Crippen LogP contribution is -2.41. The molecule has 0 amide bonds. The van der Waals surface area contributed by atoms with Crippen LogP contribution in [0.5, 0.6) is 0 Å². The van der Waals surface area contributed by atoms with Gasteiger partial charge in [-0.05, 0) is 75.0 Å². The molecule has 0 radical (unpaired) electrons. The molecule has 0 saturated heterocycles. The van der Waals surface area contributed by atoms with Crippen LogP contribution < -0.4 is 0 Å². The Morgan fingerprint density at radius 1 is 0.879 bits per heavy atom. The molecule has 0 spiro atoms. The number of rotatable bonds is 10. The largest absolute Gasteiger partial charge is 0.392 e. The minimum Gasteiger partial charge on any atom is -0.298 e. The quantitative estimate of drug-likeness (QED) is 0.346. The lowest BCUT2D eigenvalue weighted by atomic mass is 9.75. The number of benzene rings is 2. The summed E-state index contributed by atoms with van der Waals surface area (Å²) in [4.78, 5) is 2.61. The summed E-state index contributed by atoms with van der Waals surface area (Å²) in [7, 11) is 0. The van der Waals surface area contributed by atoms with Crippen LogP contribution in [0.1, 0.15) is 81.9 Å². The van der Waals surface area contributed by atoms with Crippen molar-refractivity contribution in [3.8, 4) is 0 Å². The molecule has 1 aliphatic rings. The molecule has 0 aliphatic heterocycles. The molecule has 3 rings (SSSR count). The highest BCUT2D eigenvalue weighted by atomic mass is 19.4. The van der Waals surface area contributed by atoms with Gasteiger partial charge in [0.05, 0.1) is 5.92 Å². The van der Waals surface area contributed by atoms with E-state index in [1.54, 1.807) is 0 Å². The SMILES string of the molecule is CCC(CCc1ccc(C2CCCCC2C(F)(F)F)cc1)N(CCc1ccccc1)C(C)C. The molecule has 0 aromatic heterocycles. The van der Waals surface area contributed by atoms with Crippen molar-refractivity contribution in [2.24, 2.45) is 5.92 Å². The number of hydrogen-bond acceptors (Lipinski definition) is 1. The number of halogens is 3. The summed E-state index contributed by atoms with van der Waals surface area (Å²) in [6, 6.07) is 19.7. The molecule has 182 valence electrons. The first-order chi connectivity index (χ1) is 15.8. The van der Waals surface area contributed by atoms with E-state index in [4.69, 9.17) is 0 Å². The van der Waals surface area contributed by atoms with Crippen molar-refractivity contribution in [2.45, 2.75) is 96.3 Å². The maximum Gasteiger partial charge on any atom is 0.392 e. The van der Waals surface area contributed by atoms with Crippen molar-refractivity contribution < 1.29 is 13.2 Å². The van der Waals surface area contributed by atoms with Crippen LogP contribution in [0.2, 0.25) is 0 Å². The maximum atomic E-state index is 13.5. The topological polar surface area (TPSA) is 3.24 Å². The number of alkyl halides is 3. The van der Waals surface area contributed by atoms with Crippen LogP contribution in [-0.2, 0) is 12.8 Å². The molecule has 1 fully saturated rings. The molecule has 33 heavy (non-hydrogen) atoms. The molecule has 1 aliphatic carbocycles. The second kappa shape index (κ2) is 12.1. The molecule has 0 bridgehead atoms. The summed E-state index contributed by atoms with van der Waals surface area (Å²) in [6.45, 7) is 7.83. The molecular formula is C29H40F3N. The first-order valence-corrected chi connectivity index (χ1v) is 12.7. The Labute approximate surface area is 198 Å². The van der Waals surface area contributed by atoms with Gasteiger partial charge in [0.2, 0.25) is 0 Å². The van der Waals surface area contributed by atoms with Gasteiger partial charge in [-0.25, -0.2) is 0 Å². The fourth-order valence-electron chi connectivity index (χ4n) is 5.56. The van der Waals surface area contributed by atoms with E-state index in [9.17, 15) is 13.2 Å². The van der Waals surface area contributed by atoms with Crippen LogP contribution in [0.25, 0.3) is 0 Å². The molecule has 3 atom stereocenters. The minimum atomic E-state index is -4.10. The summed E-state index contributed by atoms with van der Waals surface area (Å²) in [6.07, 6.45) is 2.57. The molecule has 0 heterocycles. The second-order valence-electron chi connectivity index (χ2n) is 9.95. The molecule has 3 unspecified atom stereocenters. The molecule has 1 nitrogen and oxygen atoms in total. The van der Waals surface area contributed by atoms with Gasteiger partial charge in [0.15, 0.2) is 0 Å². The zero-order valence-corrected chi connectivity index (χ0v) is 20.5. The Kier molecular flexibility index (Phi) is 9.43. The monoisotopic (exact) mass is 459 g/mol. The lowest BCUT2D eigenvalue weighted by Gasteiger charge is -2.35. The predicted octanol–water partition coefficient (Wildman–Crippen LogP) is 8.19. The van der Waals surface area contributed by atoms with Gasteiger partial charge in [-0.3, -0.25) is 4.90 Å². The number of nitrogens with zero attached hydrogens (tertiary/aromatic N) is 1. The molecule has 2 aromatic carbocycles. The van der Waals surface area contributed by atoms with Gasteiger partial charge in [0.25, 0.3) is 0 Å². The van der Waals surface area contributed by atoms with Gasteiger partial charge in [0.1, 0.15) is 0 Å². The van der Waals surface area contributed by atoms with Crippen molar-refractivity contribution in [1.29, 1.82) is 0 Å². The van der Waals surface area contributed by atoms with Crippen molar-refractivity contribution >= 4 is 0 Å². The van der Waals surface area contributed by atoms with Crippen LogP contribution in [-0.4, -0.2) is 29.7 Å². The van der Waals surface area contributed by atoms with Crippen molar-refractivity contribution in [3.05, 3.63) is 71.3 Å². The van der Waals surface area contributed by atoms with Crippen LogP contribution in [0.3, 0.4) is 0 Å². The summed E-state index contributed by atoms with van der Waals surface area (Å²) in [5.74, 6) is -1.57. The Morgan fingerprint density at radius 2 is 1.52 bits per heavy atom. The molecular weight excluding hydrogens is 419 g/mol. The normalized spacial score (nSPS) is 20.4. The fourth-order valence-corrected chi connectivity index (χ4v) is 5.56. The zero-order valence-electron chi connectivity index (χ0n) is 20.5. The van der Waals surface area contributed by atoms with Crippen LogP contribution >= 0.6 is 0 Å². The van der Waals surface area contributed by atoms with Gasteiger partial charge in [0, 0.05) is 18.6 Å². The standard InChI is InChI=1S/C29H40F3N/c1-4-26(33(22(2)3)21-20-23-10-6-5-7-11-23)19-16-24-14-17-25(18-15-24)27-12-8-9-13-28(27)29(30,31)32/h5-7,10-11,14-15,17-18,22,26-28H,4,8-9,12-13,16,19-21H2,1-3H3. The second-order valence-corrected chi connectivity index (χ2v) is 9.95. The lowest BCUT2D eigenvalue weighted by molar-refractivity contribution is -0.187. The first kappa shape index (κ1) is 25.8. The summed E-state index contributed by atoms with van der Waals surface area (Å²) >= 11 is 0. The van der Waals surface area contributed by atoms with Gasteiger partial charge in [-0.15, -0.1) is 0 Å². The fraction of sp³-hybridized carbons (Fsp3) is 0.586. The molecule has 2 aromatic rings. The highest BCUT2D eigenvalue weighted by Gasteiger charge is 2.45. The van der Waals surface area contributed by atoms with E-state index in [-0.39, 0.29) is 12.3 Å². The number of aryl methyl sites for hydroxylation is 1. The molecule has 0 N–H and O–H groups in total. The van der Waals surface area contributed by atoms with Gasteiger partial charge < -0.3 is 0 Å². The Morgan fingerprint density at radius 3 is 2.12 bits per heavy atom. The van der Waals surface area contributed by atoms with E-state index >= 15 is 0 Å². The third-order valence-corrected chi connectivity index (χ3v) is 7.47. The van der Waals surface area contributed by atoms with Crippen molar-refractivity contribution in [2.75, 3.05) is 6.54 Å². The Balaban J connectivity index is 1.60. The van der Waals surface area contributed by atoms with Crippen molar-refractivity contribution in [1.82, 2.24) is 4.90 Å². The Hall–Kier alpha value is -1.81. The van der Waals surface area contributed by atoms with Gasteiger partial charge in [-0.1, -0.05) is 74.4 Å². The maximum absolute atomic E-state index is 13.5. The summed E-state index contributed by atoms with van der Waals surface area (Å²) in [5, 5.41) is 0. The highest BCUT2D eigenvalue weighted by Crippen LogP contribution is 2.46. The van der Waals surface area contributed by atoms with E-state index in [1.807, 2.05) is 12.1 Å². The van der Waals surface area contributed by atoms with Crippen LogP contribution in [0.4, 0.5) is 13.2 Å². The predicted molar refractivity (Wildman–Crippen MR) is 132 cm³/mol. The van der Waals surface area contributed by atoms with E-state index < -0.39 is 12.1 Å². The smallest absolute Gasteiger partial charge is 0.298 e. The molecule has 1 saturated carbocycles. The third kappa shape index (κ3) is 7.34. The average Bonchev–Trinajstić information content (AvgIpc) is 2.81. The Bertz CT molecular complexity index is 813. The summed E-state index contributed by atoms with van der Waals surface area (Å²) in [5.41, 5.74) is 3.45. The summed E-state index contributed by atoms with van der Waals surface area (Å²) < 4.78 is 40.5. The highest BCUT2D eigenvalue weighted by molar-refractivity contribution is 5.27. The van der Waals surface area contributed by atoms with Crippen LogP contribution in [0, 0.1) is 5.92 Å². The van der Waals surface area contributed by atoms with Gasteiger partial charge in [-0.2, -0.15) is 13.2 Å². The van der Waals surface area contributed by atoms with E-state index in [0.717, 1.165) is 44.2 Å². The van der Waals surface area contributed by atoms with E-state index in [1.165, 1.54) is 11.1 Å². The zero-order chi connectivity index (χ0) is 23.8. The van der Waals surface area contributed by atoms with E-state index in [2.05, 4.69) is 68.1 Å². The third-order valence-electron chi connectivity index (χ3n) is 7.47. The molecule has 4 heteroatoms. The minimum absolute atomic E-state index is 0.266. The number of hydrogen-bond donors (Lipinski definition) is 0.